The maximum atomic E-state index is 9.55. The number of hydrogen-bond donors (Lipinski definition) is 1. The minimum atomic E-state index is -0.0295. The third-order valence-corrected chi connectivity index (χ3v) is 3.83. The van der Waals surface area contributed by atoms with Gasteiger partial charge in [-0.05, 0) is 14.0 Å². The molecule has 5 nitrogen and oxygen atoms in total. The highest BCUT2D eigenvalue weighted by Crippen LogP contribution is 2.23. The van der Waals surface area contributed by atoms with Crippen molar-refractivity contribution in [1.82, 2.24) is 14.9 Å². The largest absolute Gasteiger partial charge is 0.390 e. The molecule has 2 heterocycles. The van der Waals surface area contributed by atoms with E-state index in [2.05, 4.69) is 47.6 Å². The summed E-state index contributed by atoms with van der Waals surface area (Å²) in [5.74, 6) is 1.08. The van der Waals surface area contributed by atoms with E-state index in [0.29, 0.717) is 6.04 Å². The van der Waals surface area contributed by atoms with E-state index in [1.807, 2.05) is 6.20 Å². The fourth-order valence-electron chi connectivity index (χ4n) is 2.35. The Bertz CT molecular complexity index is 435. The summed E-state index contributed by atoms with van der Waals surface area (Å²) in [5.41, 5.74) is 1.72. The molecule has 1 atom stereocenters. The second-order valence-corrected chi connectivity index (χ2v) is 5.65. The van der Waals surface area contributed by atoms with Crippen LogP contribution in [0.3, 0.4) is 0 Å². The Morgan fingerprint density at radius 1 is 1.42 bits per heavy atom. The van der Waals surface area contributed by atoms with E-state index in [4.69, 9.17) is 0 Å². The number of likely N-dealkylation sites (N-methyl/N-ethyl adjacent to an activating group) is 1. The van der Waals surface area contributed by atoms with Crippen molar-refractivity contribution >= 4 is 5.69 Å². The second-order valence-electron chi connectivity index (χ2n) is 5.65. The number of aromatic nitrogens is 2. The maximum Gasteiger partial charge on any atom is 0.131 e. The highest BCUT2D eigenvalue weighted by molar-refractivity contribution is 5.49. The van der Waals surface area contributed by atoms with Gasteiger partial charge in [0.15, 0.2) is 0 Å². The molecule has 1 aromatic rings. The molecule has 1 unspecified atom stereocenters. The van der Waals surface area contributed by atoms with Crippen molar-refractivity contribution < 1.29 is 5.11 Å². The zero-order chi connectivity index (χ0) is 14.0. The van der Waals surface area contributed by atoms with Gasteiger partial charge in [-0.2, -0.15) is 0 Å². The molecule has 1 fully saturated rings. The summed E-state index contributed by atoms with van der Waals surface area (Å²) < 4.78 is 0. The number of rotatable bonds is 3. The molecule has 0 aromatic carbocycles. The van der Waals surface area contributed by atoms with Crippen LogP contribution < -0.4 is 4.90 Å². The first-order chi connectivity index (χ1) is 9.02. The Hall–Kier alpha value is -1.20. The zero-order valence-electron chi connectivity index (χ0n) is 12.3. The first kappa shape index (κ1) is 14.2. The Labute approximate surface area is 115 Å². The van der Waals surface area contributed by atoms with E-state index in [1.165, 1.54) is 0 Å². The number of anilines is 1. The van der Waals surface area contributed by atoms with E-state index < -0.39 is 0 Å². The summed E-state index contributed by atoms with van der Waals surface area (Å²) in [6, 6.07) is 0.505. The molecule has 0 spiro atoms. The van der Waals surface area contributed by atoms with Crippen molar-refractivity contribution in [2.45, 2.75) is 39.3 Å². The molecule has 106 valence electrons. The van der Waals surface area contributed by atoms with Gasteiger partial charge in [-0.3, -0.25) is 0 Å². The molecule has 0 saturated carbocycles. The molecule has 1 aliphatic heterocycles. The van der Waals surface area contributed by atoms with Gasteiger partial charge in [-0.15, -0.1) is 0 Å². The molecule has 2 rings (SSSR count). The van der Waals surface area contributed by atoms with E-state index >= 15 is 0 Å². The van der Waals surface area contributed by atoms with Crippen LogP contribution in [0.5, 0.6) is 0 Å². The molecule has 0 amide bonds. The molecule has 19 heavy (non-hydrogen) atoms. The van der Waals surface area contributed by atoms with E-state index in [1.54, 1.807) is 0 Å². The molecule has 0 aliphatic carbocycles. The Morgan fingerprint density at radius 3 is 2.74 bits per heavy atom. The number of nitrogens with zero attached hydrogens (tertiary/aromatic N) is 4. The second kappa shape index (κ2) is 5.84. The van der Waals surface area contributed by atoms with Crippen molar-refractivity contribution in [2.24, 2.45) is 0 Å². The van der Waals surface area contributed by atoms with Gasteiger partial charge in [0.2, 0.25) is 0 Å². The molecule has 0 bridgehead atoms. The topological polar surface area (TPSA) is 52.5 Å². The van der Waals surface area contributed by atoms with Crippen molar-refractivity contribution in [3.8, 4) is 0 Å². The highest BCUT2D eigenvalue weighted by atomic mass is 16.3. The lowest BCUT2D eigenvalue weighted by atomic mass is 10.1. The average Bonchev–Trinajstić information content (AvgIpc) is 2.41. The fourth-order valence-corrected chi connectivity index (χ4v) is 2.35. The normalized spacial score (nSPS) is 21.2. The standard InChI is InChI=1S/C14H24N4O/c1-10(2)14-15-7-13(12(9-19)16-14)18-6-5-17(4)11(3)8-18/h7,10-11,19H,5-6,8-9H2,1-4H3. The fraction of sp³-hybridized carbons (Fsp3) is 0.714. The smallest absolute Gasteiger partial charge is 0.131 e. The first-order valence-corrected chi connectivity index (χ1v) is 6.94. The van der Waals surface area contributed by atoms with Crippen LogP contribution in [0.25, 0.3) is 0 Å². The molecule has 1 aromatic heterocycles. The van der Waals surface area contributed by atoms with Gasteiger partial charge < -0.3 is 14.9 Å². The molecule has 1 saturated heterocycles. The third-order valence-electron chi connectivity index (χ3n) is 3.83. The van der Waals surface area contributed by atoms with Gasteiger partial charge >= 0.3 is 0 Å². The van der Waals surface area contributed by atoms with Crippen molar-refractivity contribution in [1.29, 1.82) is 0 Å². The maximum absolute atomic E-state index is 9.55. The van der Waals surface area contributed by atoms with Crippen LogP contribution in [0.4, 0.5) is 5.69 Å². The average molecular weight is 264 g/mol. The zero-order valence-corrected chi connectivity index (χ0v) is 12.3. The van der Waals surface area contributed by atoms with Gasteiger partial charge in [0.25, 0.3) is 0 Å². The third kappa shape index (κ3) is 3.04. The molecular formula is C14H24N4O. The van der Waals surface area contributed by atoms with Crippen molar-refractivity contribution in [3.63, 3.8) is 0 Å². The molecular weight excluding hydrogens is 240 g/mol. The number of aliphatic hydroxyl groups is 1. The van der Waals surface area contributed by atoms with Crippen LogP contribution in [-0.4, -0.2) is 52.7 Å². The van der Waals surface area contributed by atoms with Crippen LogP contribution in [0.2, 0.25) is 0 Å². The van der Waals surface area contributed by atoms with Crippen LogP contribution in [0.1, 0.15) is 38.2 Å². The van der Waals surface area contributed by atoms with E-state index in [0.717, 1.165) is 36.8 Å². The molecule has 0 radical (unpaired) electrons. The summed E-state index contributed by atoms with van der Waals surface area (Å²) in [6.45, 7) is 9.25. The van der Waals surface area contributed by atoms with Gasteiger partial charge in [-0.1, -0.05) is 13.8 Å². The summed E-state index contributed by atoms with van der Waals surface area (Å²) in [7, 11) is 2.15. The quantitative estimate of drug-likeness (QED) is 0.890. The molecule has 1 aliphatic rings. The van der Waals surface area contributed by atoms with Gasteiger partial charge in [0, 0.05) is 31.6 Å². The number of hydrogen-bond acceptors (Lipinski definition) is 5. The lowest BCUT2D eigenvalue weighted by Gasteiger charge is -2.39. The van der Waals surface area contributed by atoms with Crippen LogP contribution in [0.15, 0.2) is 6.20 Å². The molecule has 1 N–H and O–H groups in total. The first-order valence-electron chi connectivity index (χ1n) is 6.94. The monoisotopic (exact) mass is 264 g/mol. The lowest BCUT2D eigenvalue weighted by molar-refractivity contribution is 0.232. The van der Waals surface area contributed by atoms with E-state index in [-0.39, 0.29) is 12.5 Å². The van der Waals surface area contributed by atoms with Crippen LogP contribution >= 0.6 is 0 Å². The lowest BCUT2D eigenvalue weighted by Crippen LogP contribution is -2.50. The molecule has 5 heteroatoms. The van der Waals surface area contributed by atoms with Crippen LogP contribution in [0, 0.1) is 0 Å². The highest BCUT2D eigenvalue weighted by Gasteiger charge is 2.23. The Morgan fingerprint density at radius 2 is 2.16 bits per heavy atom. The van der Waals surface area contributed by atoms with Gasteiger partial charge in [0.05, 0.1) is 24.2 Å². The number of aliphatic hydroxyl groups excluding tert-OH is 1. The van der Waals surface area contributed by atoms with Crippen LogP contribution in [-0.2, 0) is 6.61 Å². The Balaban J connectivity index is 2.24. The minimum absolute atomic E-state index is 0.0295. The van der Waals surface area contributed by atoms with E-state index in [9.17, 15) is 5.11 Å². The predicted molar refractivity (Wildman–Crippen MR) is 76.3 cm³/mol. The Kier molecular flexibility index (Phi) is 4.37. The summed E-state index contributed by atoms with van der Waals surface area (Å²) in [5, 5.41) is 9.55. The van der Waals surface area contributed by atoms with Crippen molar-refractivity contribution in [2.75, 3.05) is 31.6 Å². The summed E-state index contributed by atoms with van der Waals surface area (Å²) in [6.07, 6.45) is 1.87. The number of piperazine rings is 1. The predicted octanol–water partition coefficient (Wildman–Crippen LogP) is 1.23. The van der Waals surface area contributed by atoms with Gasteiger partial charge in [0.1, 0.15) is 5.82 Å². The summed E-state index contributed by atoms with van der Waals surface area (Å²) in [4.78, 5) is 13.5. The van der Waals surface area contributed by atoms with Gasteiger partial charge in [-0.25, -0.2) is 9.97 Å². The minimum Gasteiger partial charge on any atom is -0.390 e. The van der Waals surface area contributed by atoms with Crippen molar-refractivity contribution in [3.05, 3.63) is 17.7 Å². The summed E-state index contributed by atoms with van der Waals surface area (Å²) >= 11 is 0. The SMILES string of the molecule is CC(C)c1ncc(N2CCN(C)C(C)C2)c(CO)n1.